The van der Waals surface area contributed by atoms with Gasteiger partial charge >= 0.3 is 0 Å². The number of nitrogen functional groups attached to an aromatic ring is 1. The second-order valence-electron chi connectivity index (χ2n) is 13.5. The van der Waals surface area contributed by atoms with Crippen LogP contribution in [0, 0.1) is 0 Å². The lowest BCUT2D eigenvalue weighted by Gasteiger charge is -2.38. The van der Waals surface area contributed by atoms with E-state index in [1.54, 1.807) is 12.1 Å². The van der Waals surface area contributed by atoms with Crippen LogP contribution in [-0.2, 0) is 32.2 Å². The van der Waals surface area contributed by atoms with Crippen LogP contribution in [-0.4, -0.2) is 58.8 Å². The van der Waals surface area contributed by atoms with Crippen molar-refractivity contribution in [3.05, 3.63) is 119 Å². The summed E-state index contributed by atoms with van der Waals surface area (Å²) in [6.07, 6.45) is 2.19. The molecule has 6 N–H and O–H groups in total. The van der Waals surface area contributed by atoms with Crippen molar-refractivity contribution in [1.29, 1.82) is 0 Å². The van der Waals surface area contributed by atoms with Crippen LogP contribution in [0.1, 0.15) is 73.2 Å². The lowest BCUT2D eigenvalue weighted by atomic mass is 9.98. The molecule has 6 rings (SSSR count). The highest BCUT2D eigenvalue weighted by Gasteiger charge is 2.34. The highest BCUT2D eigenvalue weighted by Crippen LogP contribution is 2.39. The molecule has 0 aliphatic carbocycles. The monoisotopic (exact) mass is 692 g/mol. The maximum atomic E-state index is 12.6. The molecule has 2 aliphatic rings. The number of para-hydroxylation sites is 2. The molecular formula is C41H48N4O6. The van der Waals surface area contributed by atoms with Crippen LogP contribution < -0.4 is 16.4 Å². The van der Waals surface area contributed by atoms with Gasteiger partial charge in [0.05, 0.1) is 36.3 Å². The minimum atomic E-state index is -0.580. The van der Waals surface area contributed by atoms with E-state index >= 15 is 0 Å². The van der Waals surface area contributed by atoms with Crippen LogP contribution in [0.25, 0.3) is 11.1 Å². The third-order valence-electron chi connectivity index (χ3n) is 9.53. The van der Waals surface area contributed by atoms with Gasteiger partial charge in [0, 0.05) is 51.0 Å². The zero-order valence-corrected chi connectivity index (χ0v) is 28.9. The number of nitrogens with two attached hydrogens (primary N) is 1. The molecule has 51 heavy (non-hydrogen) atoms. The van der Waals surface area contributed by atoms with Gasteiger partial charge < -0.3 is 36.1 Å². The van der Waals surface area contributed by atoms with Gasteiger partial charge in [-0.25, -0.2) is 0 Å². The summed E-state index contributed by atoms with van der Waals surface area (Å²) in [4.78, 5) is 27.1. The number of nitrogens with one attached hydrogen (secondary N) is 2. The number of benzene rings is 4. The Hall–Kier alpha value is -4.58. The number of ether oxygens (including phenoxy) is 2. The fourth-order valence-electron chi connectivity index (χ4n) is 6.71. The zero-order chi connectivity index (χ0) is 35.6. The topological polar surface area (TPSA) is 146 Å². The Bertz CT molecular complexity index is 1770. The SMILES string of the molecule is Nc1ccccc1NC(=O)CCCCC(=O)NCc1cccc(-c2cccc([C@@H]3O[C@H](CN4CC[C@H](O)C4)C[C@H](c4ccc(CO)cc4)O3)c2)c1. The fourth-order valence-corrected chi connectivity index (χ4v) is 6.71. The molecule has 10 nitrogen and oxygen atoms in total. The number of unbranched alkanes of at least 4 members (excludes halogenated alkanes) is 1. The summed E-state index contributed by atoms with van der Waals surface area (Å²) in [5.41, 5.74) is 12.8. The molecule has 2 heterocycles. The second-order valence-corrected chi connectivity index (χ2v) is 13.5. The first kappa shape index (κ1) is 36.2. The van der Waals surface area contributed by atoms with E-state index in [4.69, 9.17) is 15.2 Å². The summed E-state index contributed by atoms with van der Waals surface area (Å²) in [5.74, 6) is -0.174. The van der Waals surface area contributed by atoms with Gasteiger partial charge in [-0.2, -0.15) is 0 Å². The number of amides is 2. The molecule has 268 valence electrons. The first-order valence-corrected chi connectivity index (χ1v) is 17.8. The molecular weight excluding hydrogens is 644 g/mol. The average Bonchev–Trinajstić information content (AvgIpc) is 3.57. The average molecular weight is 693 g/mol. The molecule has 4 aromatic carbocycles. The van der Waals surface area contributed by atoms with E-state index in [1.165, 1.54) is 0 Å². The van der Waals surface area contributed by atoms with Crippen molar-refractivity contribution in [2.24, 2.45) is 0 Å². The number of aliphatic hydroxyl groups excluding tert-OH is 2. The van der Waals surface area contributed by atoms with E-state index in [0.717, 1.165) is 52.9 Å². The van der Waals surface area contributed by atoms with Crippen LogP contribution >= 0.6 is 0 Å². The van der Waals surface area contributed by atoms with Gasteiger partial charge in [-0.3, -0.25) is 14.5 Å². The van der Waals surface area contributed by atoms with Gasteiger partial charge in [-0.15, -0.1) is 0 Å². The molecule has 2 saturated heterocycles. The van der Waals surface area contributed by atoms with E-state index in [9.17, 15) is 19.8 Å². The minimum Gasteiger partial charge on any atom is -0.397 e. The molecule has 2 fully saturated rings. The van der Waals surface area contributed by atoms with Crippen molar-refractivity contribution in [2.45, 2.75) is 76.3 Å². The van der Waals surface area contributed by atoms with Crippen molar-refractivity contribution in [3.63, 3.8) is 0 Å². The third kappa shape index (κ3) is 10.2. The van der Waals surface area contributed by atoms with Gasteiger partial charge in [0.1, 0.15) is 0 Å². The molecule has 10 heteroatoms. The summed E-state index contributed by atoms with van der Waals surface area (Å²) >= 11 is 0. The maximum absolute atomic E-state index is 12.6. The maximum Gasteiger partial charge on any atom is 0.224 e. The molecule has 0 spiro atoms. The number of carbonyl (C=O) groups is 2. The normalized spacial score (nSPS) is 20.6. The fraction of sp³-hybridized carbons (Fsp3) is 0.366. The lowest BCUT2D eigenvalue weighted by Crippen LogP contribution is -2.38. The molecule has 0 aromatic heterocycles. The number of nitrogens with zero attached hydrogens (tertiary/aromatic N) is 1. The van der Waals surface area contributed by atoms with E-state index in [2.05, 4.69) is 33.7 Å². The molecule has 0 bridgehead atoms. The molecule has 2 aliphatic heterocycles. The number of β-amino-alcohol motifs (C(OH)–C–C–N with tert-alkyl or cyclic N) is 1. The Balaban J connectivity index is 1.04. The Morgan fingerprint density at radius 1 is 0.824 bits per heavy atom. The van der Waals surface area contributed by atoms with Crippen molar-refractivity contribution >= 4 is 23.2 Å². The third-order valence-corrected chi connectivity index (χ3v) is 9.53. The number of rotatable bonds is 14. The number of hydrogen-bond donors (Lipinski definition) is 5. The number of hydrogen-bond acceptors (Lipinski definition) is 8. The predicted molar refractivity (Wildman–Crippen MR) is 197 cm³/mol. The Morgan fingerprint density at radius 2 is 1.57 bits per heavy atom. The van der Waals surface area contributed by atoms with Crippen molar-refractivity contribution in [2.75, 3.05) is 30.7 Å². The summed E-state index contributed by atoms with van der Waals surface area (Å²) in [5, 5.41) is 25.5. The number of carbonyl (C=O) groups excluding carboxylic acids is 2. The molecule has 2 amide bonds. The molecule has 4 aromatic rings. The lowest BCUT2D eigenvalue weighted by molar-refractivity contribution is -0.252. The highest BCUT2D eigenvalue weighted by atomic mass is 16.7. The van der Waals surface area contributed by atoms with Crippen molar-refractivity contribution < 1.29 is 29.3 Å². The smallest absolute Gasteiger partial charge is 0.224 e. The number of anilines is 2. The summed E-state index contributed by atoms with van der Waals surface area (Å²) in [7, 11) is 0. The van der Waals surface area contributed by atoms with E-state index in [1.807, 2.05) is 66.7 Å². The quantitative estimate of drug-likeness (QED) is 0.0817. The minimum absolute atomic E-state index is 0.00813. The van der Waals surface area contributed by atoms with Gasteiger partial charge in [0.15, 0.2) is 6.29 Å². The van der Waals surface area contributed by atoms with Crippen LogP contribution in [0.15, 0.2) is 97.1 Å². The Morgan fingerprint density at radius 3 is 2.31 bits per heavy atom. The highest BCUT2D eigenvalue weighted by molar-refractivity contribution is 5.93. The standard InChI is InChI=1S/C41H48N4O6/c42-36-11-1-2-12-37(36)44-40(49)14-4-3-13-39(48)43-24-29-7-5-8-31(21-29)32-9-6-10-33(22-32)41-50-35(26-45-20-19-34(47)25-45)23-38(51-41)30-17-15-28(27-46)16-18-30/h1-2,5-12,15-18,21-22,34-35,38,41,46-47H,3-4,13-14,19-20,23-27,42H2,(H,43,48)(H,44,49)/t34-,35-,38+,41+/m0/s1. The summed E-state index contributed by atoms with van der Waals surface area (Å²) in [6, 6.07) is 31.3. The first-order chi connectivity index (χ1) is 24.8. The second kappa shape index (κ2) is 17.6. The van der Waals surface area contributed by atoms with Crippen molar-refractivity contribution in [3.8, 4) is 11.1 Å². The predicted octanol–water partition coefficient (Wildman–Crippen LogP) is 5.86. The van der Waals surface area contributed by atoms with Crippen LogP contribution in [0.4, 0.5) is 11.4 Å². The number of likely N-dealkylation sites (tertiary alicyclic amines) is 1. The largest absolute Gasteiger partial charge is 0.397 e. The van der Waals surface area contributed by atoms with Crippen LogP contribution in [0.2, 0.25) is 0 Å². The zero-order valence-electron chi connectivity index (χ0n) is 28.9. The summed E-state index contributed by atoms with van der Waals surface area (Å²) in [6.45, 7) is 2.61. The van der Waals surface area contributed by atoms with Crippen LogP contribution in [0.5, 0.6) is 0 Å². The number of aliphatic hydroxyl groups is 2. The van der Waals surface area contributed by atoms with Crippen molar-refractivity contribution in [1.82, 2.24) is 10.2 Å². The molecule has 0 radical (unpaired) electrons. The molecule has 0 saturated carbocycles. The van der Waals surface area contributed by atoms with Crippen LogP contribution in [0.3, 0.4) is 0 Å². The van der Waals surface area contributed by atoms with E-state index in [-0.39, 0.29) is 36.7 Å². The van der Waals surface area contributed by atoms with Gasteiger partial charge in [-0.1, -0.05) is 72.8 Å². The van der Waals surface area contributed by atoms with E-state index < -0.39 is 6.29 Å². The van der Waals surface area contributed by atoms with Gasteiger partial charge in [0.25, 0.3) is 0 Å². The van der Waals surface area contributed by atoms with Gasteiger partial charge in [0.2, 0.25) is 11.8 Å². The first-order valence-electron chi connectivity index (χ1n) is 17.8. The van der Waals surface area contributed by atoms with Gasteiger partial charge in [-0.05, 0) is 71.3 Å². The Kier molecular flexibility index (Phi) is 12.5. The van der Waals surface area contributed by atoms with E-state index in [0.29, 0.717) is 56.6 Å². The molecule has 0 unspecified atom stereocenters. The molecule has 4 atom stereocenters. The summed E-state index contributed by atoms with van der Waals surface area (Å²) < 4.78 is 13.2. The Labute approximate surface area is 299 Å².